The number of aromatic nitrogens is 1. The molecular formula is C10H10N4O3. The van der Waals surface area contributed by atoms with Gasteiger partial charge in [0.1, 0.15) is 0 Å². The first-order chi connectivity index (χ1) is 8.00. The van der Waals surface area contributed by atoms with Crippen LogP contribution in [-0.2, 0) is 16.1 Å². The molecule has 17 heavy (non-hydrogen) atoms. The van der Waals surface area contributed by atoms with Crippen molar-refractivity contribution in [3.8, 4) is 0 Å². The smallest absolute Gasteiger partial charge is 0.334 e. The number of nitrogens with two attached hydrogens (primary N) is 1. The highest BCUT2D eigenvalue weighted by molar-refractivity contribution is 6.44. The van der Waals surface area contributed by atoms with Gasteiger partial charge in [0.15, 0.2) is 0 Å². The molecule has 1 fully saturated rings. The molecule has 2 rings (SSSR count). The van der Waals surface area contributed by atoms with Crippen LogP contribution in [-0.4, -0.2) is 39.7 Å². The Morgan fingerprint density at radius 1 is 1.29 bits per heavy atom. The molecule has 0 aliphatic carbocycles. The second-order valence-corrected chi connectivity index (χ2v) is 3.62. The minimum atomic E-state index is -0.846. The van der Waals surface area contributed by atoms with E-state index in [1.807, 2.05) is 0 Å². The molecular weight excluding hydrogens is 224 g/mol. The average Bonchev–Trinajstić information content (AvgIpc) is 2.47. The molecule has 1 aromatic heterocycles. The van der Waals surface area contributed by atoms with Gasteiger partial charge in [0.2, 0.25) is 0 Å². The van der Waals surface area contributed by atoms with Crippen LogP contribution in [0.15, 0.2) is 18.3 Å². The number of pyridine rings is 1. The molecule has 7 nitrogen and oxygen atoms in total. The van der Waals surface area contributed by atoms with Crippen LogP contribution in [0.2, 0.25) is 0 Å². The number of carbonyl (C=O) groups excluding carboxylic acids is 3. The standard InChI is InChI=1S/C10H10N4O3/c1-13-8(15)9(16)14(10(13)17)5-7-4-6(11)2-3-12-7/h2-4H,5H2,1H3,(H2,11,12). The lowest BCUT2D eigenvalue weighted by atomic mass is 10.3. The number of nitrogen functional groups attached to an aromatic ring is 1. The van der Waals surface area contributed by atoms with Gasteiger partial charge in [-0.15, -0.1) is 0 Å². The van der Waals surface area contributed by atoms with Crippen LogP contribution in [0.1, 0.15) is 5.69 Å². The van der Waals surface area contributed by atoms with Crippen LogP contribution in [0.4, 0.5) is 10.5 Å². The van der Waals surface area contributed by atoms with Gasteiger partial charge in [-0.05, 0) is 12.1 Å². The number of rotatable bonds is 2. The van der Waals surface area contributed by atoms with E-state index in [2.05, 4.69) is 4.98 Å². The molecule has 1 aliphatic rings. The highest BCUT2D eigenvalue weighted by Crippen LogP contribution is 2.14. The second kappa shape index (κ2) is 3.85. The molecule has 0 aromatic carbocycles. The maximum absolute atomic E-state index is 11.6. The number of amides is 4. The third kappa shape index (κ3) is 1.82. The van der Waals surface area contributed by atoms with E-state index in [4.69, 9.17) is 5.73 Å². The molecule has 0 atom stereocenters. The van der Waals surface area contributed by atoms with Crippen molar-refractivity contribution < 1.29 is 14.4 Å². The van der Waals surface area contributed by atoms with Crippen molar-refractivity contribution in [2.45, 2.75) is 6.54 Å². The summed E-state index contributed by atoms with van der Waals surface area (Å²) >= 11 is 0. The van der Waals surface area contributed by atoms with Crippen molar-refractivity contribution in [1.29, 1.82) is 0 Å². The van der Waals surface area contributed by atoms with Crippen LogP contribution < -0.4 is 5.73 Å². The highest BCUT2D eigenvalue weighted by atomic mass is 16.2. The third-order valence-corrected chi connectivity index (χ3v) is 2.41. The van der Waals surface area contributed by atoms with Crippen LogP contribution in [0, 0.1) is 0 Å². The van der Waals surface area contributed by atoms with Crippen molar-refractivity contribution in [3.63, 3.8) is 0 Å². The van der Waals surface area contributed by atoms with Crippen molar-refractivity contribution in [2.75, 3.05) is 12.8 Å². The first kappa shape index (κ1) is 11.1. The zero-order chi connectivity index (χ0) is 12.6. The van der Waals surface area contributed by atoms with Crippen LogP contribution in [0.3, 0.4) is 0 Å². The SMILES string of the molecule is CN1C(=O)C(=O)N(Cc2cc(N)ccn2)C1=O. The number of anilines is 1. The number of hydrogen-bond acceptors (Lipinski definition) is 5. The summed E-state index contributed by atoms with van der Waals surface area (Å²) in [6, 6.07) is 2.49. The molecule has 4 amide bonds. The molecule has 0 spiro atoms. The average molecular weight is 234 g/mol. The summed E-state index contributed by atoms with van der Waals surface area (Å²) in [5.41, 5.74) is 6.48. The fourth-order valence-corrected chi connectivity index (χ4v) is 1.50. The third-order valence-electron chi connectivity index (χ3n) is 2.41. The zero-order valence-corrected chi connectivity index (χ0v) is 9.08. The summed E-state index contributed by atoms with van der Waals surface area (Å²) in [5, 5.41) is 0. The fourth-order valence-electron chi connectivity index (χ4n) is 1.50. The van der Waals surface area contributed by atoms with Gasteiger partial charge in [0.05, 0.1) is 12.2 Å². The topological polar surface area (TPSA) is 96.6 Å². The fraction of sp³-hybridized carbons (Fsp3) is 0.200. The predicted molar refractivity (Wildman–Crippen MR) is 57.4 cm³/mol. The molecule has 0 radical (unpaired) electrons. The molecule has 0 bridgehead atoms. The number of nitrogens with zero attached hydrogens (tertiary/aromatic N) is 3. The number of likely N-dealkylation sites (N-methyl/N-ethyl adjacent to an activating group) is 1. The van der Waals surface area contributed by atoms with Gasteiger partial charge in [-0.3, -0.25) is 19.5 Å². The zero-order valence-electron chi connectivity index (χ0n) is 9.08. The lowest BCUT2D eigenvalue weighted by Crippen LogP contribution is -2.31. The molecule has 0 unspecified atom stereocenters. The summed E-state index contributed by atoms with van der Waals surface area (Å²) in [4.78, 5) is 39.9. The minimum Gasteiger partial charge on any atom is -0.399 e. The molecule has 7 heteroatoms. The highest BCUT2D eigenvalue weighted by Gasteiger charge is 2.42. The van der Waals surface area contributed by atoms with Gasteiger partial charge in [-0.2, -0.15) is 0 Å². The quantitative estimate of drug-likeness (QED) is 0.554. The lowest BCUT2D eigenvalue weighted by molar-refractivity contribution is -0.143. The van der Waals surface area contributed by atoms with Gasteiger partial charge in [0.25, 0.3) is 0 Å². The van der Waals surface area contributed by atoms with Crippen LogP contribution >= 0.6 is 0 Å². The van der Waals surface area contributed by atoms with Crippen molar-refractivity contribution >= 4 is 23.5 Å². The van der Waals surface area contributed by atoms with E-state index in [0.717, 1.165) is 9.80 Å². The number of carbonyl (C=O) groups is 3. The van der Waals surface area contributed by atoms with Crippen LogP contribution in [0.25, 0.3) is 0 Å². The van der Waals surface area contributed by atoms with Gasteiger partial charge in [0, 0.05) is 18.9 Å². The lowest BCUT2D eigenvalue weighted by Gasteiger charge is -2.12. The Kier molecular flexibility index (Phi) is 2.51. The monoisotopic (exact) mass is 234 g/mol. The van der Waals surface area contributed by atoms with E-state index >= 15 is 0 Å². The number of hydrogen-bond donors (Lipinski definition) is 1. The first-order valence-corrected chi connectivity index (χ1v) is 4.84. The van der Waals surface area contributed by atoms with E-state index in [9.17, 15) is 14.4 Å². The maximum Gasteiger partial charge on any atom is 0.334 e. The molecule has 1 aromatic rings. The Labute approximate surface area is 96.8 Å². The van der Waals surface area contributed by atoms with Crippen molar-refractivity contribution in [1.82, 2.24) is 14.8 Å². The first-order valence-electron chi connectivity index (χ1n) is 4.84. The maximum atomic E-state index is 11.6. The largest absolute Gasteiger partial charge is 0.399 e. The Bertz CT molecular complexity index is 514. The molecule has 88 valence electrons. The summed E-state index contributed by atoms with van der Waals surface area (Å²) < 4.78 is 0. The van der Waals surface area contributed by atoms with E-state index in [1.165, 1.54) is 13.2 Å². The van der Waals surface area contributed by atoms with Gasteiger partial charge in [-0.1, -0.05) is 0 Å². The Morgan fingerprint density at radius 3 is 2.53 bits per heavy atom. The van der Waals surface area contributed by atoms with Gasteiger partial charge >= 0.3 is 17.8 Å². The molecule has 0 saturated carbocycles. The van der Waals surface area contributed by atoms with Gasteiger partial charge in [-0.25, -0.2) is 9.69 Å². The number of imide groups is 2. The molecule has 1 saturated heterocycles. The van der Waals surface area contributed by atoms with E-state index < -0.39 is 17.8 Å². The van der Waals surface area contributed by atoms with Crippen LogP contribution in [0.5, 0.6) is 0 Å². The van der Waals surface area contributed by atoms with Crippen molar-refractivity contribution in [2.24, 2.45) is 0 Å². The Hall–Kier alpha value is -2.44. The predicted octanol–water partition coefficient (Wildman–Crippen LogP) is -0.416. The van der Waals surface area contributed by atoms with Crippen molar-refractivity contribution in [3.05, 3.63) is 24.0 Å². The Balaban J connectivity index is 2.23. The second-order valence-electron chi connectivity index (χ2n) is 3.62. The Morgan fingerprint density at radius 2 is 2.00 bits per heavy atom. The normalized spacial score (nSPS) is 15.9. The summed E-state index contributed by atoms with van der Waals surface area (Å²) in [5.74, 6) is -1.68. The summed E-state index contributed by atoms with van der Waals surface area (Å²) in [6.45, 7) is -0.0568. The van der Waals surface area contributed by atoms with E-state index in [1.54, 1.807) is 12.1 Å². The van der Waals surface area contributed by atoms with E-state index in [0.29, 0.717) is 11.4 Å². The molecule has 1 aliphatic heterocycles. The summed E-state index contributed by atoms with van der Waals surface area (Å²) in [6.07, 6.45) is 1.47. The molecule has 2 N–H and O–H groups in total. The molecule has 2 heterocycles. The minimum absolute atomic E-state index is 0.0568. The number of urea groups is 1. The summed E-state index contributed by atoms with van der Waals surface area (Å²) in [7, 11) is 1.26. The van der Waals surface area contributed by atoms with Gasteiger partial charge < -0.3 is 5.73 Å². The van der Waals surface area contributed by atoms with E-state index in [-0.39, 0.29) is 6.54 Å².